The second-order valence-electron chi connectivity index (χ2n) is 7.06. The third kappa shape index (κ3) is 4.66. The van der Waals surface area contributed by atoms with Crippen molar-refractivity contribution < 1.29 is 24.1 Å². The second-order valence-corrected chi connectivity index (χ2v) is 7.06. The Balaban J connectivity index is 1.56. The zero-order valence-electron chi connectivity index (χ0n) is 16.1. The number of ether oxygens (including phenoxy) is 3. The van der Waals surface area contributed by atoms with Gasteiger partial charge in [0.25, 0.3) is 5.91 Å². The van der Waals surface area contributed by atoms with Gasteiger partial charge in [-0.15, -0.1) is 0 Å². The Hall–Kier alpha value is -2.50. The van der Waals surface area contributed by atoms with E-state index in [1.165, 1.54) is 0 Å². The van der Waals surface area contributed by atoms with Crippen molar-refractivity contribution in [1.29, 1.82) is 5.26 Å². The first-order chi connectivity index (χ1) is 13.6. The molecule has 1 saturated heterocycles. The van der Waals surface area contributed by atoms with E-state index in [1.807, 2.05) is 0 Å². The number of benzene rings is 1. The van der Waals surface area contributed by atoms with Crippen molar-refractivity contribution in [3.8, 4) is 23.3 Å². The Morgan fingerprint density at radius 3 is 2.89 bits per heavy atom. The maximum Gasteiger partial charge on any atom is 0.255 e. The standard InChI is InChI=1S/C20H27N3O5/c1-26-17-5-4-15(18-19(17)28-11-10-27-18)20(25)22-12-14-6-9-23(13-16(14)24)8-3-2-7-21/h4-5,14,16,24H,2-3,6,8-13H2,1H3,(H,22,25)/t14-,16+/m0/s1. The van der Waals surface area contributed by atoms with Crippen LogP contribution in [0, 0.1) is 17.2 Å². The number of aliphatic hydroxyl groups is 1. The number of carbonyl (C=O) groups excluding carboxylic acids is 1. The van der Waals surface area contributed by atoms with Crippen molar-refractivity contribution in [2.75, 3.05) is 46.5 Å². The van der Waals surface area contributed by atoms with Gasteiger partial charge in [-0.3, -0.25) is 4.79 Å². The number of piperidine rings is 1. The number of nitrogens with one attached hydrogen (secondary N) is 1. The highest BCUT2D eigenvalue weighted by atomic mass is 16.6. The maximum atomic E-state index is 12.7. The van der Waals surface area contributed by atoms with Crippen LogP contribution in [0.1, 0.15) is 29.6 Å². The monoisotopic (exact) mass is 389 g/mol. The van der Waals surface area contributed by atoms with Crippen molar-refractivity contribution in [3.63, 3.8) is 0 Å². The first kappa shape index (κ1) is 20.2. The summed E-state index contributed by atoms with van der Waals surface area (Å²) in [5, 5.41) is 22.0. The molecule has 2 aliphatic rings. The normalized spacial score (nSPS) is 21.6. The summed E-state index contributed by atoms with van der Waals surface area (Å²) in [5.74, 6) is 1.13. The van der Waals surface area contributed by atoms with Gasteiger partial charge in [-0.2, -0.15) is 5.26 Å². The van der Waals surface area contributed by atoms with Gasteiger partial charge in [0.15, 0.2) is 11.5 Å². The van der Waals surface area contributed by atoms with Crippen molar-refractivity contribution >= 4 is 5.91 Å². The van der Waals surface area contributed by atoms with Crippen LogP contribution in [0.3, 0.4) is 0 Å². The quantitative estimate of drug-likeness (QED) is 0.675. The predicted octanol–water partition coefficient (Wildman–Crippen LogP) is 1.18. The first-order valence-corrected chi connectivity index (χ1v) is 9.66. The molecule has 0 unspecified atom stereocenters. The average Bonchev–Trinajstić information content (AvgIpc) is 2.72. The molecular weight excluding hydrogens is 362 g/mol. The van der Waals surface area contributed by atoms with Gasteiger partial charge in [0, 0.05) is 25.4 Å². The number of methoxy groups -OCH3 is 1. The molecule has 2 N–H and O–H groups in total. The summed E-state index contributed by atoms with van der Waals surface area (Å²) in [6.07, 6.45) is 1.65. The number of carbonyl (C=O) groups is 1. The minimum absolute atomic E-state index is 0.00223. The van der Waals surface area contributed by atoms with Crippen molar-refractivity contribution in [1.82, 2.24) is 10.2 Å². The summed E-state index contributed by atoms with van der Waals surface area (Å²) < 4.78 is 16.5. The molecule has 3 rings (SSSR count). The molecular formula is C20H27N3O5. The lowest BCUT2D eigenvalue weighted by Gasteiger charge is -2.36. The number of hydrogen-bond acceptors (Lipinski definition) is 7. The number of unbranched alkanes of at least 4 members (excludes halogenated alkanes) is 1. The Kier molecular flexibility index (Phi) is 6.95. The number of β-amino-alcohol motifs (C(OH)–C–C–N with tert-alkyl or cyclic N) is 1. The van der Waals surface area contributed by atoms with E-state index in [1.54, 1.807) is 19.2 Å². The molecule has 0 aromatic heterocycles. The molecule has 1 aromatic carbocycles. The molecule has 0 saturated carbocycles. The highest BCUT2D eigenvalue weighted by molar-refractivity contribution is 5.98. The number of nitriles is 1. The third-order valence-corrected chi connectivity index (χ3v) is 5.21. The lowest BCUT2D eigenvalue weighted by Crippen LogP contribution is -2.47. The van der Waals surface area contributed by atoms with Crippen LogP contribution < -0.4 is 19.5 Å². The fourth-order valence-corrected chi connectivity index (χ4v) is 3.64. The molecule has 2 heterocycles. The molecule has 1 aromatic rings. The highest BCUT2D eigenvalue weighted by Gasteiger charge is 2.29. The van der Waals surface area contributed by atoms with Crippen molar-refractivity contribution in [3.05, 3.63) is 17.7 Å². The van der Waals surface area contributed by atoms with Crippen LogP contribution in [-0.4, -0.2) is 68.5 Å². The number of nitrogens with zero attached hydrogens (tertiary/aromatic N) is 2. The van der Waals surface area contributed by atoms with Crippen LogP contribution in [0.4, 0.5) is 0 Å². The van der Waals surface area contributed by atoms with Crippen molar-refractivity contribution in [2.24, 2.45) is 5.92 Å². The Morgan fingerprint density at radius 2 is 2.18 bits per heavy atom. The van der Waals surface area contributed by atoms with E-state index in [9.17, 15) is 9.90 Å². The summed E-state index contributed by atoms with van der Waals surface area (Å²) in [6, 6.07) is 5.49. The van der Waals surface area contributed by atoms with E-state index in [4.69, 9.17) is 19.5 Å². The zero-order valence-corrected chi connectivity index (χ0v) is 16.1. The molecule has 2 aliphatic heterocycles. The molecule has 0 spiro atoms. The summed E-state index contributed by atoms with van der Waals surface area (Å²) in [5.41, 5.74) is 0.402. The molecule has 1 amide bonds. The Labute approximate surface area is 165 Å². The topological polar surface area (TPSA) is 104 Å². The molecule has 28 heavy (non-hydrogen) atoms. The minimum Gasteiger partial charge on any atom is -0.493 e. The molecule has 2 atom stereocenters. The predicted molar refractivity (Wildman–Crippen MR) is 102 cm³/mol. The van der Waals surface area contributed by atoms with Gasteiger partial charge in [-0.1, -0.05) is 0 Å². The number of rotatable bonds is 7. The first-order valence-electron chi connectivity index (χ1n) is 9.66. The molecule has 1 fully saturated rings. The Bertz CT molecular complexity index is 733. The number of amides is 1. The van der Waals surface area contributed by atoms with Gasteiger partial charge >= 0.3 is 0 Å². The van der Waals surface area contributed by atoms with Gasteiger partial charge < -0.3 is 29.5 Å². The summed E-state index contributed by atoms with van der Waals surface area (Å²) in [7, 11) is 1.54. The van der Waals surface area contributed by atoms with E-state index < -0.39 is 6.10 Å². The highest BCUT2D eigenvalue weighted by Crippen LogP contribution is 2.41. The van der Waals surface area contributed by atoms with E-state index in [2.05, 4.69) is 16.3 Å². The molecule has 0 bridgehead atoms. The molecule has 0 radical (unpaired) electrons. The number of aliphatic hydroxyl groups excluding tert-OH is 1. The SMILES string of the molecule is COc1ccc(C(=O)NC[C@@H]2CCN(CCCC#N)C[C@H]2O)c2c1OCCO2. The largest absolute Gasteiger partial charge is 0.493 e. The van der Waals surface area contributed by atoms with Gasteiger partial charge in [0.1, 0.15) is 13.2 Å². The number of hydrogen-bond donors (Lipinski definition) is 2. The van der Waals surface area contributed by atoms with E-state index in [-0.39, 0.29) is 11.8 Å². The fraction of sp³-hybridized carbons (Fsp3) is 0.600. The van der Waals surface area contributed by atoms with Crippen LogP contribution in [0.5, 0.6) is 17.2 Å². The van der Waals surface area contributed by atoms with E-state index in [0.29, 0.717) is 55.5 Å². The second kappa shape index (κ2) is 9.62. The van der Waals surface area contributed by atoms with Crippen LogP contribution >= 0.6 is 0 Å². The molecule has 8 nitrogen and oxygen atoms in total. The van der Waals surface area contributed by atoms with Crippen LogP contribution in [0.2, 0.25) is 0 Å². The lowest BCUT2D eigenvalue weighted by molar-refractivity contribution is 0.0219. The number of fused-ring (bicyclic) bond motifs is 1. The van der Waals surface area contributed by atoms with Crippen LogP contribution in [-0.2, 0) is 0 Å². The summed E-state index contributed by atoms with van der Waals surface area (Å²) in [4.78, 5) is 14.9. The smallest absolute Gasteiger partial charge is 0.255 e. The van der Waals surface area contributed by atoms with Crippen molar-refractivity contribution in [2.45, 2.75) is 25.4 Å². The lowest BCUT2D eigenvalue weighted by atomic mass is 9.93. The van der Waals surface area contributed by atoms with E-state index in [0.717, 1.165) is 25.9 Å². The van der Waals surface area contributed by atoms with Crippen LogP contribution in [0.25, 0.3) is 0 Å². The Morgan fingerprint density at radius 1 is 1.39 bits per heavy atom. The van der Waals surface area contributed by atoms with E-state index >= 15 is 0 Å². The summed E-state index contributed by atoms with van der Waals surface area (Å²) in [6.45, 7) is 3.43. The molecule has 8 heteroatoms. The maximum absolute atomic E-state index is 12.7. The fourth-order valence-electron chi connectivity index (χ4n) is 3.64. The average molecular weight is 389 g/mol. The van der Waals surface area contributed by atoms with Gasteiger partial charge in [0.2, 0.25) is 5.75 Å². The van der Waals surface area contributed by atoms with Gasteiger partial charge in [-0.25, -0.2) is 0 Å². The van der Waals surface area contributed by atoms with Gasteiger partial charge in [-0.05, 0) is 38.1 Å². The van der Waals surface area contributed by atoms with Gasteiger partial charge in [0.05, 0.1) is 24.8 Å². The molecule has 152 valence electrons. The zero-order chi connectivity index (χ0) is 19.9. The molecule has 0 aliphatic carbocycles. The number of likely N-dealkylation sites (tertiary alicyclic amines) is 1. The van der Waals surface area contributed by atoms with Crippen LogP contribution in [0.15, 0.2) is 12.1 Å². The summed E-state index contributed by atoms with van der Waals surface area (Å²) >= 11 is 0. The minimum atomic E-state index is -0.500. The third-order valence-electron chi connectivity index (χ3n) is 5.21.